The molecular formula is C12H19NO4. The zero-order valence-electron chi connectivity index (χ0n) is 9.85. The molecule has 5 nitrogen and oxygen atoms in total. The lowest BCUT2D eigenvalue weighted by molar-refractivity contribution is -0.143. The van der Waals surface area contributed by atoms with Crippen LogP contribution >= 0.6 is 0 Å². The van der Waals surface area contributed by atoms with Gasteiger partial charge in [0.25, 0.3) is 0 Å². The molecule has 1 heterocycles. The molecule has 0 aromatic heterocycles. The number of carbonyl (C=O) groups is 2. The van der Waals surface area contributed by atoms with Crippen LogP contribution in [-0.4, -0.2) is 36.2 Å². The second-order valence-corrected chi connectivity index (χ2v) is 4.88. The van der Waals surface area contributed by atoms with E-state index >= 15 is 0 Å². The van der Waals surface area contributed by atoms with E-state index in [1.807, 2.05) is 0 Å². The van der Waals surface area contributed by atoms with Crippen molar-refractivity contribution >= 4 is 11.9 Å². The molecule has 0 aromatic rings. The van der Waals surface area contributed by atoms with E-state index in [-0.39, 0.29) is 23.8 Å². The lowest BCUT2D eigenvalue weighted by Gasteiger charge is -2.17. The first-order valence-electron chi connectivity index (χ1n) is 6.30. The fourth-order valence-corrected chi connectivity index (χ4v) is 2.74. The quantitative estimate of drug-likeness (QED) is 0.762. The van der Waals surface area contributed by atoms with Gasteiger partial charge in [0, 0.05) is 13.2 Å². The van der Waals surface area contributed by atoms with Crippen molar-refractivity contribution in [1.29, 1.82) is 0 Å². The maximum atomic E-state index is 11.7. The molecule has 2 aliphatic rings. The fourth-order valence-electron chi connectivity index (χ4n) is 2.74. The Labute approximate surface area is 101 Å². The van der Waals surface area contributed by atoms with E-state index in [4.69, 9.17) is 9.84 Å². The number of carboxylic acid groups (broad SMARTS) is 1. The van der Waals surface area contributed by atoms with E-state index in [1.165, 1.54) is 0 Å². The van der Waals surface area contributed by atoms with Crippen LogP contribution in [0.25, 0.3) is 0 Å². The number of carboxylic acids is 1. The maximum absolute atomic E-state index is 11.7. The topological polar surface area (TPSA) is 75.6 Å². The number of nitrogens with one attached hydrogen (secondary N) is 1. The molecular weight excluding hydrogens is 222 g/mol. The van der Waals surface area contributed by atoms with Crippen molar-refractivity contribution in [2.24, 2.45) is 11.8 Å². The van der Waals surface area contributed by atoms with E-state index in [9.17, 15) is 9.59 Å². The minimum Gasteiger partial charge on any atom is -0.481 e. The molecule has 5 heteroatoms. The highest BCUT2D eigenvalue weighted by atomic mass is 16.5. The second kappa shape index (κ2) is 5.49. The first kappa shape index (κ1) is 12.4. The van der Waals surface area contributed by atoms with Gasteiger partial charge in [0.1, 0.15) is 6.10 Å². The van der Waals surface area contributed by atoms with Gasteiger partial charge in [-0.3, -0.25) is 9.59 Å². The van der Waals surface area contributed by atoms with Crippen LogP contribution in [0.5, 0.6) is 0 Å². The minimum atomic E-state index is -0.737. The number of amides is 1. The summed E-state index contributed by atoms with van der Waals surface area (Å²) >= 11 is 0. The second-order valence-electron chi connectivity index (χ2n) is 4.88. The molecule has 3 atom stereocenters. The van der Waals surface area contributed by atoms with Crippen molar-refractivity contribution in [2.45, 2.75) is 38.2 Å². The molecule has 0 radical (unpaired) electrons. The van der Waals surface area contributed by atoms with Gasteiger partial charge in [-0.25, -0.2) is 0 Å². The fraction of sp³-hybridized carbons (Fsp3) is 0.833. The highest BCUT2D eigenvalue weighted by molar-refractivity contribution is 5.81. The van der Waals surface area contributed by atoms with Gasteiger partial charge in [0.2, 0.25) is 5.91 Å². The van der Waals surface area contributed by atoms with Gasteiger partial charge in [-0.15, -0.1) is 0 Å². The lowest BCUT2D eigenvalue weighted by Crippen LogP contribution is -2.38. The monoisotopic (exact) mass is 241 g/mol. The van der Waals surface area contributed by atoms with Crippen molar-refractivity contribution in [3.63, 3.8) is 0 Å². The molecule has 1 aliphatic carbocycles. The summed E-state index contributed by atoms with van der Waals surface area (Å²) in [7, 11) is 0. The number of hydrogen-bond acceptors (Lipinski definition) is 3. The molecule has 2 N–H and O–H groups in total. The average Bonchev–Trinajstić information content (AvgIpc) is 2.96. The van der Waals surface area contributed by atoms with Gasteiger partial charge >= 0.3 is 5.97 Å². The predicted molar refractivity (Wildman–Crippen MR) is 60.5 cm³/mol. The molecule has 96 valence electrons. The van der Waals surface area contributed by atoms with Gasteiger partial charge < -0.3 is 15.2 Å². The highest BCUT2D eigenvalue weighted by Gasteiger charge is 2.33. The number of ether oxygens (including phenoxy) is 1. The Bertz CT molecular complexity index is 299. The minimum absolute atomic E-state index is 0.0813. The van der Waals surface area contributed by atoms with Crippen LogP contribution in [0.3, 0.4) is 0 Å². The molecule has 1 amide bonds. The summed E-state index contributed by atoms with van der Waals surface area (Å²) in [6.45, 7) is 1.12. The molecule has 1 aliphatic heterocycles. The molecule has 0 bridgehead atoms. The van der Waals surface area contributed by atoms with Crippen LogP contribution in [0.1, 0.15) is 32.1 Å². The summed E-state index contributed by atoms with van der Waals surface area (Å²) in [5.74, 6) is -1.03. The SMILES string of the molecule is O=C(O)C1CCCC1CNC(=O)[C@H]1CCCO1. The molecule has 1 saturated carbocycles. The van der Waals surface area contributed by atoms with Gasteiger partial charge in [-0.05, 0) is 31.6 Å². The Morgan fingerprint density at radius 3 is 2.71 bits per heavy atom. The molecule has 2 fully saturated rings. The van der Waals surface area contributed by atoms with Gasteiger partial charge in [-0.2, -0.15) is 0 Å². The summed E-state index contributed by atoms with van der Waals surface area (Å²) in [5, 5.41) is 11.8. The third kappa shape index (κ3) is 2.97. The van der Waals surface area contributed by atoms with E-state index in [1.54, 1.807) is 0 Å². The smallest absolute Gasteiger partial charge is 0.306 e. The van der Waals surface area contributed by atoms with Crippen molar-refractivity contribution in [3.05, 3.63) is 0 Å². The number of carbonyl (C=O) groups excluding carboxylic acids is 1. The van der Waals surface area contributed by atoms with Gasteiger partial charge in [-0.1, -0.05) is 6.42 Å². The first-order valence-corrected chi connectivity index (χ1v) is 6.30. The highest BCUT2D eigenvalue weighted by Crippen LogP contribution is 2.31. The largest absolute Gasteiger partial charge is 0.481 e. The van der Waals surface area contributed by atoms with Crippen molar-refractivity contribution in [2.75, 3.05) is 13.2 Å². The Kier molecular flexibility index (Phi) is 3.99. The third-order valence-electron chi connectivity index (χ3n) is 3.74. The van der Waals surface area contributed by atoms with Crippen molar-refractivity contribution < 1.29 is 19.4 Å². The van der Waals surface area contributed by atoms with Crippen LogP contribution in [0, 0.1) is 11.8 Å². The van der Waals surface area contributed by atoms with Crippen LogP contribution in [0.4, 0.5) is 0 Å². The summed E-state index contributed by atoms with van der Waals surface area (Å²) in [4.78, 5) is 22.7. The van der Waals surface area contributed by atoms with E-state index < -0.39 is 5.97 Å². The maximum Gasteiger partial charge on any atom is 0.306 e. The van der Waals surface area contributed by atoms with E-state index in [0.717, 1.165) is 32.1 Å². The predicted octanol–water partition coefficient (Wildman–Crippen LogP) is 0.782. The zero-order valence-corrected chi connectivity index (χ0v) is 9.85. The summed E-state index contributed by atoms with van der Waals surface area (Å²) in [5.41, 5.74) is 0. The van der Waals surface area contributed by atoms with Crippen molar-refractivity contribution in [3.8, 4) is 0 Å². The molecule has 1 saturated heterocycles. The van der Waals surface area contributed by atoms with Gasteiger partial charge in [0.05, 0.1) is 5.92 Å². The zero-order chi connectivity index (χ0) is 12.3. The molecule has 2 unspecified atom stereocenters. The van der Waals surface area contributed by atoms with Crippen LogP contribution in [-0.2, 0) is 14.3 Å². The molecule has 0 aromatic carbocycles. The normalized spacial score (nSPS) is 32.6. The Morgan fingerprint density at radius 2 is 2.06 bits per heavy atom. The molecule has 17 heavy (non-hydrogen) atoms. The summed E-state index contributed by atoms with van der Waals surface area (Å²) in [6.07, 6.45) is 3.95. The summed E-state index contributed by atoms with van der Waals surface area (Å²) < 4.78 is 5.28. The number of hydrogen-bond donors (Lipinski definition) is 2. The first-order chi connectivity index (χ1) is 8.18. The van der Waals surface area contributed by atoms with E-state index in [2.05, 4.69) is 5.32 Å². The van der Waals surface area contributed by atoms with Crippen molar-refractivity contribution in [1.82, 2.24) is 5.32 Å². The third-order valence-corrected chi connectivity index (χ3v) is 3.74. The summed E-state index contributed by atoms with van der Waals surface area (Å²) in [6, 6.07) is 0. The standard InChI is InChI=1S/C12H19NO4/c14-11(10-5-2-6-17-10)13-7-8-3-1-4-9(8)12(15)16/h8-10H,1-7H2,(H,13,14)(H,15,16)/t8?,9?,10-/m1/s1. The van der Waals surface area contributed by atoms with Gasteiger partial charge in [0.15, 0.2) is 0 Å². The number of rotatable bonds is 4. The molecule has 0 spiro atoms. The Morgan fingerprint density at radius 1 is 1.24 bits per heavy atom. The average molecular weight is 241 g/mol. The van der Waals surface area contributed by atoms with Crippen LogP contribution in [0.2, 0.25) is 0 Å². The van der Waals surface area contributed by atoms with Crippen LogP contribution in [0.15, 0.2) is 0 Å². The Balaban J connectivity index is 1.77. The van der Waals surface area contributed by atoms with Crippen LogP contribution < -0.4 is 5.32 Å². The van der Waals surface area contributed by atoms with E-state index in [0.29, 0.717) is 13.2 Å². The number of aliphatic carboxylic acids is 1. The lowest BCUT2D eigenvalue weighted by atomic mass is 9.96. The molecule has 2 rings (SSSR count). The Hall–Kier alpha value is -1.10.